The van der Waals surface area contributed by atoms with E-state index < -0.39 is 12.0 Å². The van der Waals surface area contributed by atoms with E-state index in [1.807, 2.05) is 41.5 Å². The Hall–Kier alpha value is -0.610. The predicted molar refractivity (Wildman–Crippen MR) is 67.0 cm³/mol. The standard InChI is InChI=1S/C13H25NO3/c1-8(2)10(11(15)16)14-9-7-12(3,4)17-13(9,5)6/h8-10,14H,7H2,1-6H3,(H,15,16). The highest BCUT2D eigenvalue weighted by molar-refractivity contribution is 5.73. The van der Waals surface area contributed by atoms with Crippen LogP contribution in [0.3, 0.4) is 0 Å². The van der Waals surface area contributed by atoms with Gasteiger partial charge in [-0.15, -0.1) is 0 Å². The average molecular weight is 243 g/mol. The van der Waals surface area contributed by atoms with Crippen molar-refractivity contribution >= 4 is 5.97 Å². The molecule has 0 aromatic rings. The van der Waals surface area contributed by atoms with Crippen molar-refractivity contribution in [1.82, 2.24) is 5.32 Å². The number of nitrogens with one attached hydrogen (secondary N) is 1. The summed E-state index contributed by atoms with van der Waals surface area (Å²) in [5.74, 6) is -0.729. The topological polar surface area (TPSA) is 58.6 Å². The molecule has 2 N–H and O–H groups in total. The number of hydrogen-bond acceptors (Lipinski definition) is 3. The third-order valence-corrected chi connectivity index (χ3v) is 3.39. The first-order chi connectivity index (χ1) is 7.55. The zero-order valence-corrected chi connectivity index (χ0v) is 11.7. The smallest absolute Gasteiger partial charge is 0.320 e. The minimum Gasteiger partial charge on any atom is -0.480 e. The largest absolute Gasteiger partial charge is 0.480 e. The fraction of sp³-hybridized carbons (Fsp3) is 0.923. The van der Waals surface area contributed by atoms with Crippen LogP contribution in [-0.2, 0) is 9.53 Å². The van der Waals surface area contributed by atoms with Crippen LogP contribution in [0.5, 0.6) is 0 Å². The van der Waals surface area contributed by atoms with E-state index in [2.05, 4.69) is 5.32 Å². The second-order valence-electron chi connectivity index (χ2n) is 6.45. The third-order valence-electron chi connectivity index (χ3n) is 3.39. The second kappa shape index (κ2) is 4.58. The lowest BCUT2D eigenvalue weighted by atomic mass is 9.92. The highest BCUT2D eigenvalue weighted by atomic mass is 16.5. The van der Waals surface area contributed by atoms with Gasteiger partial charge in [-0.1, -0.05) is 13.8 Å². The van der Waals surface area contributed by atoms with E-state index in [0.717, 1.165) is 6.42 Å². The monoisotopic (exact) mass is 243 g/mol. The van der Waals surface area contributed by atoms with E-state index in [0.29, 0.717) is 0 Å². The molecule has 1 heterocycles. The van der Waals surface area contributed by atoms with Gasteiger partial charge < -0.3 is 9.84 Å². The van der Waals surface area contributed by atoms with Gasteiger partial charge in [-0.05, 0) is 40.0 Å². The van der Waals surface area contributed by atoms with Crippen LogP contribution >= 0.6 is 0 Å². The van der Waals surface area contributed by atoms with Crippen LogP contribution < -0.4 is 5.32 Å². The van der Waals surface area contributed by atoms with Crippen LogP contribution in [0, 0.1) is 5.92 Å². The second-order valence-corrected chi connectivity index (χ2v) is 6.45. The summed E-state index contributed by atoms with van der Waals surface area (Å²) in [5, 5.41) is 12.4. The molecule has 0 aliphatic carbocycles. The van der Waals surface area contributed by atoms with Gasteiger partial charge in [0, 0.05) is 6.04 Å². The van der Waals surface area contributed by atoms with Crippen LogP contribution in [0.1, 0.15) is 48.0 Å². The van der Waals surface area contributed by atoms with Crippen LogP contribution in [0.2, 0.25) is 0 Å². The highest BCUT2D eigenvalue weighted by Gasteiger charge is 2.47. The van der Waals surface area contributed by atoms with Gasteiger partial charge in [-0.25, -0.2) is 0 Å². The molecule has 2 unspecified atom stereocenters. The van der Waals surface area contributed by atoms with Gasteiger partial charge in [0.05, 0.1) is 11.2 Å². The van der Waals surface area contributed by atoms with Crippen molar-refractivity contribution < 1.29 is 14.6 Å². The average Bonchev–Trinajstić information content (AvgIpc) is 2.28. The Bertz CT molecular complexity index is 297. The van der Waals surface area contributed by atoms with Crippen LogP contribution in [0.4, 0.5) is 0 Å². The zero-order valence-electron chi connectivity index (χ0n) is 11.7. The highest BCUT2D eigenvalue weighted by Crippen LogP contribution is 2.37. The molecular formula is C13H25NO3. The Morgan fingerprint density at radius 2 is 1.88 bits per heavy atom. The van der Waals surface area contributed by atoms with Crippen molar-refractivity contribution in [1.29, 1.82) is 0 Å². The summed E-state index contributed by atoms with van der Waals surface area (Å²) in [7, 11) is 0. The number of aliphatic carboxylic acids is 1. The lowest BCUT2D eigenvalue weighted by Gasteiger charge is -2.31. The van der Waals surface area contributed by atoms with Gasteiger partial charge >= 0.3 is 5.97 Å². The Labute approximate surface area is 104 Å². The molecule has 1 rings (SSSR count). The van der Waals surface area contributed by atoms with Crippen molar-refractivity contribution in [3.05, 3.63) is 0 Å². The van der Waals surface area contributed by atoms with Gasteiger partial charge in [0.15, 0.2) is 0 Å². The summed E-state index contributed by atoms with van der Waals surface area (Å²) in [6.07, 6.45) is 0.830. The number of hydrogen-bond donors (Lipinski definition) is 2. The zero-order chi connectivity index (χ0) is 13.4. The number of ether oxygens (including phenoxy) is 1. The predicted octanol–water partition coefficient (Wildman–Crippen LogP) is 2.03. The SMILES string of the molecule is CC(C)C(NC1CC(C)(C)OC1(C)C)C(=O)O. The van der Waals surface area contributed by atoms with Crippen LogP contribution in [-0.4, -0.2) is 34.4 Å². The van der Waals surface area contributed by atoms with Gasteiger partial charge in [0.1, 0.15) is 6.04 Å². The minimum absolute atomic E-state index is 0.0620. The first kappa shape index (κ1) is 14.5. The molecule has 4 heteroatoms. The van der Waals surface area contributed by atoms with E-state index in [4.69, 9.17) is 4.74 Å². The summed E-state index contributed by atoms with van der Waals surface area (Å²) in [4.78, 5) is 11.2. The van der Waals surface area contributed by atoms with Crippen molar-refractivity contribution in [3.63, 3.8) is 0 Å². The van der Waals surface area contributed by atoms with Crippen molar-refractivity contribution in [2.75, 3.05) is 0 Å². The summed E-state index contributed by atoms with van der Waals surface area (Å²) in [6, 6.07) is -0.447. The summed E-state index contributed by atoms with van der Waals surface area (Å²) in [6.45, 7) is 11.9. The molecule has 0 aromatic carbocycles. The molecule has 1 saturated heterocycles. The van der Waals surface area contributed by atoms with Crippen LogP contribution in [0.25, 0.3) is 0 Å². The summed E-state index contributed by atoms with van der Waals surface area (Å²) in [5.41, 5.74) is -0.521. The number of rotatable bonds is 4. The Kier molecular flexibility index (Phi) is 3.89. The van der Waals surface area contributed by atoms with Crippen molar-refractivity contribution in [2.45, 2.75) is 71.2 Å². The van der Waals surface area contributed by atoms with E-state index in [-0.39, 0.29) is 23.2 Å². The fourth-order valence-electron chi connectivity index (χ4n) is 2.59. The van der Waals surface area contributed by atoms with Gasteiger partial charge in [-0.3, -0.25) is 10.1 Å². The van der Waals surface area contributed by atoms with Crippen LogP contribution in [0.15, 0.2) is 0 Å². The maximum atomic E-state index is 11.2. The van der Waals surface area contributed by atoms with Gasteiger partial charge in [-0.2, -0.15) is 0 Å². The minimum atomic E-state index is -0.791. The molecule has 1 fully saturated rings. The normalized spacial score (nSPS) is 28.3. The molecule has 4 nitrogen and oxygen atoms in total. The van der Waals surface area contributed by atoms with E-state index in [9.17, 15) is 9.90 Å². The molecule has 1 aliphatic rings. The summed E-state index contributed by atoms with van der Waals surface area (Å²) < 4.78 is 5.95. The molecule has 0 radical (unpaired) electrons. The van der Waals surface area contributed by atoms with E-state index >= 15 is 0 Å². The first-order valence-electron chi connectivity index (χ1n) is 6.24. The molecule has 17 heavy (non-hydrogen) atoms. The number of carbonyl (C=O) groups is 1. The van der Waals surface area contributed by atoms with Crippen molar-refractivity contribution in [3.8, 4) is 0 Å². The lowest BCUT2D eigenvalue weighted by molar-refractivity contribution is -0.141. The molecule has 0 spiro atoms. The lowest BCUT2D eigenvalue weighted by Crippen LogP contribution is -2.52. The first-order valence-corrected chi connectivity index (χ1v) is 6.24. The Morgan fingerprint density at radius 1 is 1.35 bits per heavy atom. The molecule has 0 bridgehead atoms. The van der Waals surface area contributed by atoms with E-state index in [1.165, 1.54) is 0 Å². The van der Waals surface area contributed by atoms with Gasteiger partial charge in [0.2, 0.25) is 0 Å². The molecule has 0 amide bonds. The molecule has 2 atom stereocenters. The Morgan fingerprint density at radius 3 is 2.18 bits per heavy atom. The maximum Gasteiger partial charge on any atom is 0.320 e. The van der Waals surface area contributed by atoms with Crippen molar-refractivity contribution in [2.24, 2.45) is 5.92 Å². The molecular weight excluding hydrogens is 218 g/mol. The van der Waals surface area contributed by atoms with Gasteiger partial charge in [0.25, 0.3) is 0 Å². The third kappa shape index (κ3) is 3.42. The molecule has 1 aliphatic heterocycles. The molecule has 100 valence electrons. The van der Waals surface area contributed by atoms with E-state index in [1.54, 1.807) is 0 Å². The number of carboxylic acids is 1. The molecule has 0 saturated carbocycles. The fourth-order valence-corrected chi connectivity index (χ4v) is 2.59. The molecule has 0 aromatic heterocycles. The summed E-state index contributed by atoms with van der Waals surface area (Å²) >= 11 is 0. The quantitative estimate of drug-likeness (QED) is 0.793. The Balaban J connectivity index is 2.77. The maximum absolute atomic E-state index is 11.2. The number of carboxylic acid groups (broad SMARTS) is 1.